The molecule has 0 fully saturated rings. The Balaban J connectivity index is 0.00000312. The largest absolute Gasteiger partial charge is 0.357 e. The number of rotatable bonds is 7. The fourth-order valence-corrected chi connectivity index (χ4v) is 2.71. The predicted molar refractivity (Wildman–Crippen MR) is 113 cm³/mol. The van der Waals surface area contributed by atoms with Crippen molar-refractivity contribution >= 4 is 47.2 Å². The summed E-state index contributed by atoms with van der Waals surface area (Å²) in [5.41, 5.74) is 1.07. The number of guanidine groups is 1. The third-order valence-corrected chi connectivity index (χ3v) is 4.05. The standard InChI is InChI=1S/C17H23N5OS.HI/c1-3-18-17(22-12-16-20-9-13(2)24-16)21-11-15(23)19-10-14-7-5-4-6-8-14;/h4-9H,3,10-12H2,1-2H3,(H,19,23)(H2,18,21,22);1H. The van der Waals surface area contributed by atoms with Gasteiger partial charge in [0, 0.05) is 24.2 Å². The third-order valence-electron chi connectivity index (χ3n) is 3.13. The zero-order chi connectivity index (χ0) is 17.2. The van der Waals surface area contributed by atoms with Gasteiger partial charge in [0.1, 0.15) is 11.6 Å². The van der Waals surface area contributed by atoms with E-state index in [0.29, 0.717) is 19.0 Å². The first-order valence-corrected chi connectivity index (χ1v) is 8.73. The molecule has 8 heteroatoms. The van der Waals surface area contributed by atoms with Crippen LogP contribution in [0.1, 0.15) is 22.4 Å². The zero-order valence-corrected chi connectivity index (χ0v) is 17.6. The van der Waals surface area contributed by atoms with Crippen molar-refractivity contribution in [2.75, 3.05) is 13.1 Å². The molecular formula is C17H24IN5OS. The number of aliphatic imine (C=N–C) groups is 1. The van der Waals surface area contributed by atoms with Crippen molar-refractivity contribution in [1.82, 2.24) is 20.9 Å². The second-order valence-corrected chi connectivity index (χ2v) is 6.50. The molecule has 1 heterocycles. The van der Waals surface area contributed by atoms with Crippen molar-refractivity contribution in [2.45, 2.75) is 26.9 Å². The summed E-state index contributed by atoms with van der Waals surface area (Å²) < 4.78 is 0. The number of carbonyl (C=O) groups excluding carboxylic acids is 1. The Hall–Kier alpha value is -1.68. The fourth-order valence-electron chi connectivity index (χ4n) is 1.99. The van der Waals surface area contributed by atoms with Gasteiger partial charge in [-0.1, -0.05) is 30.3 Å². The van der Waals surface area contributed by atoms with Crippen LogP contribution >= 0.6 is 35.3 Å². The van der Waals surface area contributed by atoms with Crippen molar-refractivity contribution in [3.63, 3.8) is 0 Å². The van der Waals surface area contributed by atoms with Gasteiger partial charge in [0.25, 0.3) is 0 Å². The monoisotopic (exact) mass is 473 g/mol. The maximum absolute atomic E-state index is 11.9. The number of benzene rings is 1. The van der Waals surface area contributed by atoms with Gasteiger partial charge in [0.15, 0.2) is 5.96 Å². The van der Waals surface area contributed by atoms with Crippen LogP contribution in [0.15, 0.2) is 41.5 Å². The molecule has 1 aromatic heterocycles. The molecule has 0 aliphatic rings. The third kappa shape index (κ3) is 8.30. The molecule has 1 aromatic carbocycles. The molecule has 2 rings (SSSR count). The maximum atomic E-state index is 11.9. The molecule has 0 spiro atoms. The van der Waals surface area contributed by atoms with Gasteiger partial charge in [0.05, 0.1) is 6.54 Å². The first-order valence-electron chi connectivity index (χ1n) is 7.91. The average Bonchev–Trinajstić information content (AvgIpc) is 3.02. The minimum absolute atomic E-state index is 0. The summed E-state index contributed by atoms with van der Waals surface area (Å²) in [6, 6.07) is 9.81. The van der Waals surface area contributed by atoms with E-state index in [1.807, 2.05) is 50.4 Å². The van der Waals surface area contributed by atoms with E-state index in [4.69, 9.17) is 0 Å². The zero-order valence-electron chi connectivity index (χ0n) is 14.4. The molecule has 25 heavy (non-hydrogen) atoms. The van der Waals surface area contributed by atoms with Crippen molar-refractivity contribution in [3.05, 3.63) is 52.0 Å². The SMILES string of the molecule is CCNC(=NCC(=O)NCc1ccccc1)NCc1ncc(C)s1.I. The van der Waals surface area contributed by atoms with E-state index in [1.165, 1.54) is 4.88 Å². The molecular weight excluding hydrogens is 449 g/mol. The molecule has 0 radical (unpaired) electrons. The van der Waals surface area contributed by atoms with Gasteiger partial charge >= 0.3 is 0 Å². The maximum Gasteiger partial charge on any atom is 0.242 e. The highest BCUT2D eigenvalue weighted by Crippen LogP contribution is 2.10. The van der Waals surface area contributed by atoms with Gasteiger partial charge in [-0.15, -0.1) is 35.3 Å². The first-order chi connectivity index (χ1) is 11.7. The van der Waals surface area contributed by atoms with Gasteiger partial charge in [-0.25, -0.2) is 9.98 Å². The molecule has 0 aliphatic carbocycles. The second kappa shape index (κ2) is 11.8. The molecule has 0 atom stereocenters. The van der Waals surface area contributed by atoms with Crippen molar-refractivity contribution in [3.8, 4) is 0 Å². The summed E-state index contributed by atoms with van der Waals surface area (Å²) in [6.45, 7) is 5.93. The van der Waals surface area contributed by atoms with E-state index in [1.54, 1.807) is 11.3 Å². The Bertz CT molecular complexity index is 675. The molecule has 0 aliphatic heterocycles. The number of nitrogens with zero attached hydrogens (tertiary/aromatic N) is 2. The van der Waals surface area contributed by atoms with Crippen LogP contribution in [0.3, 0.4) is 0 Å². The van der Waals surface area contributed by atoms with E-state index in [-0.39, 0.29) is 36.4 Å². The molecule has 0 saturated heterocycles. The molecule has 0 saturated carbocycles. The number of amides is 1. The number of thiazole rings is 1. The molecule has 0 bridgehead atoms. The Morgan fingerprint density at radius 2 is 1.92 bits per heavy atom. The van der Waals surface area contributed by atoms with Crippen molar-refractivity contribution < 1.29 is 4.79 Å². The lowest BCUT2D eigenvalue weighted by molar-refractivity contribution is -0.119. The van der Waals surface area contributed by atoms with Crippen LogP contribution in [-0.4, -0.2) is 29.9 Å². The van der Waals surface area contributed by atoms with Crippen LogP contribution in [0.4, 0.5) is 0 Å². The number of halogens is 1. The van der Waals surface area contributed by atoms with Crippen LogP contribution in [0, 0.1) is 6.92 Å². The molecule has 6 nitrogen and oxygen atoms in total. The first kappa shape index (κ1) is 21.4. The number of hydrogen-bond donors (Lipinski definition) is 3. The summed E-state index contributed by atoms with van der Waals surface area (Å²) in [5.74, 6) is 0.501. The lowest BCUT2D eigenvalue weighted by Crippen LogP contribution is -2.38. The van der Waals surface area contributed by atoms with Crippen LogP contribution in [0.5, 0.6) is 0 Å². The summed E-state index contributed by atoms with van der Waals surface area (Å²) >= 11 is 1.64. The number of aryl methyl sites for hydroxylation is 1. The summed E-state index contributed by atoms with van der Waals surface area (Å²) in [6.07, 6.45) is 1.85. The predicted octanol–water partition coefficient (Wildman–Crippen LogP) is 2.44. The van der Waals surface area contributed by atoms with Crippen molar-refractivity contribution in [1.29, 1.82) is 0 Å². The lowest BCUT2D eigenvalue weighted by Gasteiger charge is -2.10. The highest BCUT2D eigenvalue weighted by Gasteiger charge is 2.04. The molecule has 2 aromatic rings. The summed E-state index contributed by atoms with van der Waals surface area (Å²) in [5, 5.41) is 10.2. The topological polar surface area (TPSA) is 78.4 Å². The van der Waals surface area contributed by atoms with Gasteiger partial charge in [-0.05, 0) is 19.4 Å². The molecule has 1 amide bonds. The smallest absolute Gasteiger partial charge is 0.242 e. The van der Waals surface area contributed by atoms with E-state index < -0.39 is 0 Å². The van der Waals surface area contributed by atoms with Crippen LogP contribution in [-0.2, 0) is 17.9 Å². The number of aromatic nitrogens is 1. The normalized spacial score (nSPS) is 10.7. The van der Waals surface area contributed by atoms with Gasteiger partial charge < -0.3 is 16.0 Å². The quantitative estimate of drug-likeness (QED) is 0.328. The Morgan fingerprint density at radius 1 is 1.16 bits per heavy atom. The number of nitrogens with one attached hydrogen (secondary N) is 3. The van der Waals surface area contributed by atoms with Crippen LogP contribution in [0.2, 0.25) is 0 Å². The minimum Gasteiger partial charge on any atom is -0.357 e. The Kier molecular flexibility index (Phi) is 10.1. The highest BCUT2D eigenvalue weighted by atomic mass is 127. The van der Waals surface area contributed by atoms with Gasteiger partial charge in [-0.3, -0.25) is 4.79 Å². The summed E-state index contributed by atoms with van der Waals surface area (Å²) in [7, 11) is 0. The van der Waals surface area contributed by atoms with Crippen LogP contribution < -0.4 is 16.0 Å². The van der Waals surface area contributed by atoms with E-state index >= 15 is 0 Å². The van der Waals surface area contributed by atoms with E-state index in [0.717, 1.165) is 17.1 Å². The van der Waals surface area contributed by atoms with Gasteiger partial charge in [-0.2, -0.15) is 0 Å². The summed E-state index contributed by atoms with van der Waals surface area (Å²) in [4.78, 5) is 21.7. The van der Waals surface area contributed by atoms with E-state index in [2.05, 4.69) is 25.9 Å². The highest BCUT2D eigenvalue weighted by molar-refractivity contribution is 14.0. The molecule has 3 N–H and O–H groups in total. The molecule has 0 unspecified atom stereocenters. The Morgan fingerprint density at radius 3 is 2.56 bits per heavy atom. The number of hydrogen-bond acceptors (Lipinski definition) is 4. The number of carbonyl (C=O) groups is 1. The van der Waals surface area contributed by atoms with Gasteiger partial charge in [0.2, 0.25) is 5.91 Å². The average molecular weight is 473 g/mol. The fraction of sp³-hybridized carbons (Fsp3) is 0.353. The Labute approximate surface area is 169 Å². The lowest BCUT2D eigenvalue weighted by atomic mass is 10.2. The van der Waals surface area contributed by atoms with E-state index in [9.17, 15) is 4.79 Å². The molecule has 136 valence electrons. The second-order valence-electron chi connectivity index (χ2n) is 5.18. The minimum atomic E-state index is -0.110. The van der Waals surface area contributed by atoms with Crippen LogP contribution in [0.25, 0.3) is 0 Å². The van der Waals surface area contributed by atoms with Crippen molar-refractivity contribution in [2.24, 2.45) is 4.99 Å².